The van der Waals surface area contributed by atoms with E-state index in [1.807, 2.05) is 30.5 Å². The van der Waals surface area contributed by atoms with E-state index in [0.29, 0.717) is 0 Å². The number of fused-ring (bicyclic) bond motifs is 1. The van der Waals surface area contributed by atoms with E-state index in [2.05, 4.69) is 12.1 Å². The van der Waals surface area contributed by atoms with Crippen molar-refractivity contribution in [2.45, 2.75) is 18.5 Å². The number of carbonyl (C=O) groups is 3. The normalized spacial score (nSPS) is 10.8. The molecule has 0 aliphatic carbocycles. The Labute approximate surface area is 177 Å². The van der Waals surface area contributed by atoms with Gasteiger partial charge in [-0.25, -0.2) is 9.59 Å². The predicted octanol–water partition coefficient (Wildman–Crippen LogP) is 1.75. The van der Waals surface area contributed by atoms with Crippen LogP contribution in [-0.2, 0) is 14.4 Å². The molecule has 0 spiro atoms. The lowest BCUT2D eigenvalue weighted by atomic mass is 10.2. The van der Waals surface area contributed by atoms with Crippen LogP contribution < -0.4 is 14.7 Å². The summed E-state index contributed by atoms with van der Waals surface area (Å²) in [7, 11) is 1.66. The van der Waals surface area contributed by atoms with Crippen molar-refractivity contribution in [2.75, 3.05) is 7.11 Å². The summed E-state index contributed by atoms with van der Waals surface area (Å²) in [5.74, 6) is -8.52. The molecule has 0 amide bonds. The van der Waals surface area contributed by atoms with Crippen molar-refractivity contribution >= 4 is 28.8 Å². The number of rotatable bonds is 1. The summed E-state index contributed by atoms with van der Waals surface area (Å²) in [6.07, 6.45) is -13.5. The van der Waals surface area contributed by atoms with Gasteiger partial charge in [-0.2, -0.15) is 39.5 Å². The lowest BCUT2D eigenvalue weighted by Gasteiger charge is -2.03. The van der Waals surface area contributed by atoms with Gasteiger partial charge in [-0.1, -0.05) is 12.1 Å². The maximum atomic E-state index is 10.6. The number of hydrogen-bond acceptors (Lipinski definition) is 5. The molecule has 0 radical (unpaired) electrons. The Morgan fingerprint density at radius 3 is 1.42 bits per heavy atom. The number of aliphatic carboxylic acids is 3. The second kappa shape index (κ2) is 12.9. The third-order valence-electron chi connectivity index (χ3n) is 2.58. The van der Waals surface area contributed by atoms with Gasteiger partial charge < -0.3 is 20.1 Å². The minimum absolute atomic E-state index is 1.09. The van der Waals surface area contributed by atoms with E-state index in [0.717, 1.165) is 5.52 Å². The minimum Gasteiger partial charge on any atom is -0.542 e. The molecule has 0 unspecified atom stereocenters. The fourth-order valence-electron chi connectivity index (χ4n) is 1.29. The maximum Gasteiger partial charge on any atom is 0.490 e. The van der Waals surface area contributed by atoms with Crippen LogP contribution in [0.15, 0.2) is 42.6 Å². The van der Waals surface area contributed by atoms with Crippen molar-refractivity contribution < 1.29 is 78.8 Å². The van der Waals surface area contributed by atoms with Gasteiger partial charge in [-0.05, 0) is 12.1 Å². The molecule has 2 rings (SSSR count). The molecule has 0 atom stereocenters. The third kappa shape index (κ3) is 14.0. The predicted molar refractivity (Wildman–Crippen MR) is 85.1 cm³/mol. The molecule has 1 aromatic heterocycles. The number of carbonyl (C=O) groups excluding carboxylic acids is 1. The van der Waals surface area contributed by atoms with Gasteiger partial charge in [-0.3, -0.25) is 4.84 Å². The van der Waals surface area contributed by atoms with E-state index >= 15 is 0 Å². The molecule has 33 heavy (non-hydrogen) atoms. The van der Waals surface area contributed by atoms with Gasteiger partial charge in [-0.15, -0.1) is 0 Å². The van der Waals surface area contributed by atoms with Crippen LogP contribution in [0.1, 0.15) is 0 Å². The molecule has 186 valence electrons. The number of hydrogen-bond donors (Lipinski definition) is 2. The Morgan fingerprint density at radius 1 is 0.788 bits per heavy atom. The van der Waals surface area contributed by atoms with Crippen molar-refractivity contribution in [3.63, 3.8) is 0 Å². The summed E-state index contributed by atoms with van der Waals surface area (Å²) >= 11 is 0. The smallest absolute Gasteiger partial charge is 0.490 e. The highest BCUT2D eigenvalue weighted by Crippen LogP contribution is 2.14. The Balaban J connectivity index is 0. The molecule has 0 saturated carbocycles. The summed E-state index contributed by atoms with van der Waals surface area (Å²) in [5.41, 5.74) is 1.09. The topological polar surface area (TPSA) is 128 Å². The third-order valence-corrected chi connectivity index (χ3v) is 2.58. The average molecular weight is 501 g/mol. The molecule has 0 bridgehead atoms. The summed E-state index contributed by atoms with van der Waals surface area (Å²) < 4.78 is 96.8. The van der Waals surface area contributed by atoms with Gasteiger partial charge in [0.05, 0.1) is 5.39 Å². The number of benzene rings is 1. The van der Waals surface area contributed by atoms with E-state index in [4.69, 9.17) is 34.5 Å². The van der Waals surface area contributed by atoms with Crippen LogP contribution in [0.4, 0.5) is 39.5 Å². The largest absolute Gasteiger partial charge is 0.542 e. The number of carboxylic acid groups (broad SMARTS) is 3. The molecular weight excluding hydrogens is 489 g/mol. The standard InChI is InChI=1S/C10H10NO.3C2HF3O2/c1-12-11-8-4-6-9-5-2-3-7-10(9)11;3*3-2(4,5)1(6)7/h2-8H,1H3;3*(H,6,7)/q+1;;;/p-1. The molecular formula is C16H12F9NO7. The second-order valence-electron chi connectivity index (χ2n) is 4.97. The Morgan fingerprint density at radius 2 is 1.12 bits per heavy atom. The van der Waals surface area contributed by atoms with E-state index in [1.54, 1.807) is 11.8 Å². The van der Waals surface area contributed by atoms with Crippen molar-refractivity contribution in [2.24, 2.45) is 0 Å². The van der Waals surface area contributed by atoms with Gasteiger partial charge in [0, 0.05) is 16.9 Å². The number of para-hydroxylation sites is 1. The number of nitrogens with zero attached hydrogens (tertiary/aromatic N) is 1. The molecule has 8 nitrogen and oxygen atoms in total. The van der Waals surface area contributed by atoms with Crippen LogP contribution in [0, 0.1) is 0 Å². The van der Waals surface area contributed by atoms with Gasteiger partial charge in [0.1, 0.15) is 13.1 Å². The van der Waals surface area contributed by atoms with E-state index < -0.39 is 36.4 Å². The van der Waals surface area contributed by atoms with E-state index in [9.17, 15) is 39.5 Å². The summed E-state index contributed by atoms with van der Waals surface area (Å²) in [6.45, 7) is 0. The Kier molecular flexibility index (Phi) is 12.3. The zero-order valence-electron chi connectivity index (χ0n) is 15.8. The lowest BCUT2D eigenvalue weighted by molar-refractivity contribution is -0.865. The summed E-state index contributed by atoms with van der Waals surface area (Å²) in [6, 6.07) is 12.1. The first-order valence-electron chi connectivity index (χ1n) is 7.57. The molecule has 0 saturated heterocycles. The molecule has 0 fully saturated rings. The van der Waals surface area contributed by atoms with Crippen molar-refractivity contribution in [3.8, 4) is 0 Å². The number of pyridine rings is 1. The van der Waals surface area contributed by atoms with Gasteiger partial charge in [0.25, 0.3) is 5.52 Å². The van der Waals surface area contributed by atoms with Crippen LogP contribution >= 0.6 is 0 Å². The monoisotopic (exact) mass is 501 g/mol. The first-order chi connectivity index (χ1) is 14.7. The quantitative estimate of drug-likeness (QED) is 0.450. The number of alkyl halides is 9. The van der Waals surface area contributed by atoms with Gasteiger partial charge in [0.15, 0.2) is 0 Å². The van der Waals surface area contributed by atoms with Crippen LogP contribution in [0.2, 0.25) is 0 Å². The second-order valence-corrected chi connectivity index (χ2v) is 4.97. The van der Waals surface area contributed by atoms with Crippen molar-refractivity contribution in [3.05, 3.63) is 42.6 Å². The van der Waals surface area contributed by atoms with Gasteiger partial charge >= 0.3 is 30.5 Å². The molecule has 2 aromatic rings. The van der Waals surface area contributed by atoms with Crippen LogP contribution in [-0.4, -0.2) is 53.8 Å². The van der Waals surface area contributed by atoms with Crippen molar-refractivity contribution in [1.29, 1.82) is 0 Å². The lowest BCUT2D eigenvalue weighted by Crippen LogP contribution is -2.40. The highest BCUT2D eigenvalue weighted by molar-refractivity contribution is 5.75. The van der Waals surface area contributed by atoms with Crippen LogP contribution in [0.3, 0.4) is 0 Å². The fourth-order valence-corrected chi connectivity index (χ4v) is 1.29. The van der Waals surface area contributed by atoms with Crippen LogP contribution in [0.5, 0.6) is 0 Å². The molecule has 1 heterocycles. The molecule has 0 aliphatic rings. The molecule has 17 heteroatoms. The SMILES string of the molecule is CO[n+]1cccc2ccccc21.O=C(O)C(F)(F)F.O=C(O)C(F)(F)F.O=C([O-])C(F)(F)F. The maximum absolute atomic E-state index is 10.6. The summed E-state index contributed by atoms with van der Waals surface area (Å²) in [5, 5.41) is 24.2. The van der Waals surface area contributed by atoms with Crippen molar-refractivity contribution in [1.82, 2.24) is 0 Å². The zero-order chi connectivity index (χ0) is 26.6. The molecule has 0 aliphatic heterocycles. The minimum atomic E-state index is -5.19. The zero-order valence-corrected chi connectivity index (χ0v) is 15.8. The fraction of sp³-hybridized carbons (Fsp3) is 0.250. The van der Waals surface area contributed by atoms with Crippen LogP contribution in [0.25, 0.3) is 10.9 Å². The van der Waals surface area contributed by atoms with E-state index in [1.165, 1.54) is 5.39 Å². The average Bonchev–Trinajstić information content (AvgIpc) is 2.66. The first-order valence-corrected chi connectivity index (χ1v) is 7.57. The van der Waals surface area contributed by atoms with Gasteiger partial charge in [0.2, 0.25) is 6.20 Å². The highest BCUT2D eigenvalue weighted by Gasteiger charge is 2.38. The molecule has 2 N–H and O–H groups in total. The molecule has 1 aromatic carbocycles. The number of aromatic nitrogens is 1. The number of carboxylic acids is 3. The first kappa shape index (κ1) is 31.4. The van der Waals surface area contributed by atoms with E-state index in [-0.39, 0.29) is 0 Å². The highest BCUT2D eigenvalue weighted by atomic mass is 19.4. The summed E-state index contributed by atoms with van der Waals surface area (Å²) in [4.78, 5) is 31.7. The Hall–Kier alpha value is -3.79. The number of halogens is 9. The Bertz CT molecular complexity index is 863.